The molecule has 4 N–H and O–H groups in total. The summed E-state index contributed by atoms with van der Waals surface area (Å²) >= 11 is 0. The molecule has 0 heterocycles. The first kappa shape index (κ1) is 12.2. The summed E-state index contributed by atoms with van der Waals surface area (Å²) in [4.78, 5) is 22.3. The van der Waals surface area contributed by atoms with Crippen molar-refractivity contribution in [2.24, 2.45) is 5.73 Å². The van der Waals surface area contributed by atoms with Gasteiger partial charge in [-0.3, -0.25) is 9.59 Å². The minimum atomic E-state index is -0.511. The topological polar surface area (TPSA) is 84.2 Å². The van der Waals surface area contributed by atoms with Gasteiger partial charge in [0.1, 0.15) is 0 Å². The molecule has 0 atom stereocenters. The van der Waals surface area contributed by atoms with Crippen molar-refractivity contribution >= 4 is 17.5 Å². The molecule has 0 saturated heterocycles. The van der Waals surface area contributed by atoms with Gasteiger partial charge in [-0.25, -0.2) is 0 Å². The van der Waals surface area contributed by atoms with Gasteiger partial charge < -0.3 is 16.4 Å². The molecule has 86 valence electrons. The summed E-state index contributed by atoms with van der Waals surface area (Å²) in [6.45, 7) is 2.90. The Morgan fingerprint density at radius 2 is 2.12 bits per heavy atom. The number of benzene rings is 1. The van der Waals surface area contributed by atoms with Crippen LogP contribution in [0.25, 0.3) is 0 Å². The second-order valence-corrected chi connectivity index (χ2v) is 3.27. The normalized spacial score (nSPS) is 9.81. The van der Waals surface area contributed by atoms with E-state index < -0.39 is 5.91 Å². The van der Waals surface area contributed by atoms with E-state index in [9.17, 15) is 9.59 Å². The van der Waals surface area contributed by atoms with Crippen LogP contribution in [0.5, 0.6) is 0 Å². The highest BCUT2D eigenvalue weighted by molar-refractivity contribution is 5.96. The lowest BCUT2D eigenvalue weighted by atomic mass is 10.2. The van der Waals surface area contributed by atoms with Crippen LogP contribution in [0.1, 0.15) is 17.3 Å². The molecule has 0 saturated carbocycles. The van der Waals surface area contributed by atoms with Crippen LogP contribution in [-0.4, -0.2) is 24.9 Å². The number of hydrogen-bond acceptors (Lipinski definition) is 3. The molecule has 0 unspecified atom stereocenters. The molecule has 5 heteroatoms. The predicted octanol–water partition coefficient (Wildman–Crippen LogP) is 0.333. The molecule has 16 heavy (non-hydrogen) atoms. The summed E-state index contributed by atoms with van der Waals surface area (Å²) < 4.78 is 0. The summed E-state index contributed by atoms with van der Waals surface area (Å²) in [5, 5.41) is 5.56. The summed E-state index contributed by atoms with van der Waals surface area (Å²) in [7, 11) is 0. The average Bonchev–Trinajstić information content (AvgIpc) is 2.26. The fraction of sp³-hybridized carbons (Fsp3) is 0.273. The van der Waals surface area contributed by atoms with E-state index in [0.29, 0.717) is 11.3 Å². The smallest absolute Gasteiger partial charge is 0.248 e. The maximum atomic E-state index is 11.4. The van der Waals surface area contributed by atoms with Crippen molar-refractivity contribution in [2.45, 2.75) is 6.92 Å². The maximum Gasteiger partial charge on any atom is 0.248 e. The number of carbonyl (C=O) groups excluding carboxylic acids is 2. The van der Waals surface area contributed by atoms with Crippen molar-refractivity contribution in [3.63, 3.8) is 0 Å². The maximum absolute atomic E-state index is 11.4. The number of hydrogen-bond donors (Lipinski definition) is 3. The standard InChI is InChI=1S/C11H15N3O2/c1-2-13-7-10(15)14-9-5-3-4-8(6-9)11(12)16/h3-6,13H,2,7H2,1H3,(H2,12,16)(H,14,15). The van der Waals surface area contributed by atoms with Crippen LogP contribution < -0.4 is 16.4 Å². The molecule has 0 aliphatic rings. The molecular weight excluding hydrogens is 206 g/mol. The van der Waals surface area contributed by atoms with Crippen molar-refractivity contribution in [3.05, 3.63) is 29.8 Å². The van der Waals surface area contributed by atoms with E-state index in [1.165, 1.54) is 0 Å². The molecule has 1 aromatic carbocycles. The number of primary amides is 1. The zero-order valence-corrected chi connectivity index (χ0v) is 9.12. The zero-order valence-electron chi connectivity index (χ0n) is 9.12. The number of carbonyl (C=O) groups is 2. The third-order valence-electron chi connectivity index (χ3n) is 1.97. The van der Waals surface area contributed by atoms with Gasteiger partial charge in [-0.05, 0) is 24.7 Å². The molecule has 0 spiro atoms. The molecule has 0 aromatic heterocycles. The van der Waals surface area contributed by atoms with Crippen molar-refractivity contribution in [3.8, 4) is 0 Å². The zero-order chi connectivity index (χ0) is 12.0. The Morgan fingerprint density at radius 3 is 2.75 bits per heavy atom. The van der Waals surface area contributed by atoms with Crippen LogP contribution in [-0.2, 0) is 4.79 Å². The molecule has 0 aliphatic carbocycles. The minimum Gasteiger partial charge on any atom is -0.366 e. The van der Waals surface area contributed by atoms with E-state index in [-0.39, 0.29) is 12.5 Å². The van der Waals surface area contributed by atoms with E-state index in [1.54, 1.807) is 24.3 Å². The Labute approximate surface area is 94.0 Å². The monoisotopic (exact) mass is 221 g/mol. The van der Waals surface area contributed by atoms with Gasteiger partial charge in [-0.15, -0.1) is 0 Å². The molecule has 5 nitrogen and oxygen atoms in total. The highest BCUT2D eigenvalue weighted by Crippen LogP contribution is 2.09. The first-order valence-corrected chi connectivity index (χ1v) is 5.04. The molecule has 0 fully saturated rings. The van der Waals surface area contributed by atoms with Crippen LogP contribution >= 0.6 is 0 Å². The van der Waals surface area contributed by atoms with Crippen LogP contribution in [0.2, 0.25) is 0 Å². The minimum absolute atomic E-state index is 0.150. The molecule has 1 aromatic rings. The van der Waals surface area contributed by atoms with E-state index in [2.05, 4.69) is 10.6 Å². The molecule has 1 rings (SSSR count). The second-order valence-electron chi connectivity index (χ2n) is 3.27. The Morgan fingerprint density at radius 1 is 1.38 bits per heavy atom. The number of nitrogens with two attached hydrogens (primary N) is 1. The number of nitrogens with one attached hydrogen (secondary N) is 2. The molecule has 0 radical (unpaired) electrons. The summed E-state index contributed by atoms with van der Waals surface area (Å²) in [6.07, 6.45) is 0. The Balaban J connectivity index is 2.63. The van der Waals surface area contributed by atoms with E-state index >= 15 is 0 Å². The lowest BCUT2D eigenvalue weighted by Gasteiger charge is -2.06. The van der Waals surface area contributed by atoms with Gasteiger partial charge in [0.25, 0.3) is 0 Å². The van der Waals surface area contributed by atoms with Crippen molar-refractivity contribution in [1.82, 2.24) is 5.32 Å². The lowest BCUT2D eigenvalue weighted by molar-refractivity contribution is -0.115. The van der Waals surface area contributed by atoms with E-state index in [1.807, 2.05) is 6.92 Å². The van der Waals surface area contributed by atoms with Crippen LogP contribution in [0.15, 0.2) is 24.3 Å². The first-order valence-electron chi connectivity index (χ1n) is 5.04. The van der Waals surface area contributed by atoms with Crippen LogP contribution in [0.4, 0.5) is 5.69 Å². The number of anilines is 1. The Hall–Kier alpha value is -1.88. The third kappa shape index (κ3) is 3.70. The number of likely N-dealkylation sites (N-methyl/N-ethyl adjacent to an activating group) is 1. The van der Waals surface area contributed by atoms with Gasteiger partial charge >= 0.3 is 0 Å². The molecule has 0 bridgehead atoms. The molecule has 0 aliphatic heterocycles. The summed E-state index contributed by atoms with van der Waals surface area (Å²) in [5.41, 5.74) is 6.07. The largest absolute Gasteiger partial charge is 0.366 e. The quantitative estimate of drug-likeness (QED) is 0.670. The summed E-state index contributed by atoms with van der Waals surface area (Å²) in [6, 6.07) is 6.52. The molecular formula is C11H15N3O2. The van der Waals surface area contributed by atoms with Gasteiger partial charge in [0.2, 0.25) is 11.8 Å². The predicted molar refractivity (Wildman–Crippen MR) is 62.1 cm³/mol. The van der Waals surface area contributed by atoms with E-state index in [4.69, 9.17) is 5.73 Å². The number of rotatable bonds is 5. The van der Waals surface area contributed by atoms with Gasteiger partial charge in [0.05, 0.1) is 6.54 Å². The highest BCUT2D eigenvalue weighted by atomic mass is 16.2. The van der Waals surface area contributed by atoms with Gasteiger partial charge in [-0.1, -0.05) is 13.0 Å². The van der Waals surface area contributed by atoms with Gasteiger partial charge in [0.15, 0.2) is 0 Å². The summed E-state index contributed by atoms with van der Waals surface area (Å²) in [5.74, 6) is -0.661. The third-order valence-corrected chi connectivity index (χ3v) is 1.97. The van der Waals surface area contributed by atoms with Crippen LogP contribution in [0.3, 0.4) is 0 Å². The fourth-order valence-corrected chi connectivity index (χ4v) is 1.19. The Kier molecular flexibility index (Phi) is 4.47. The fourth-order valence-electron chi connectivity index (χ4n) is 1.19. The Bertz CT molecular complexity index is 391. The molecule has 2 amide bonds. The van der Waals surface area contributed by atoms with Gasteiger partial charge in [-0.2, -0.15) is 0 Å². The van der Waals surface area contributed by atoms with Crippen LogP contribution in [0, 0.1) is 0 Å². The van der Waals surface area contributed by atoms with Crippen molar-refractivity contribution < 1.29 is 9.59 Å². The first-order chi connectivity index (χ1) is 7.63. The van der Waals surface area contributed by atoms with Crippen molar-refractivity contribution in [2.75, 3.05) is 18.4 Å². The highest BCUT2D eigenvalue weighted by Gasteiger charge is 2.04. The van der Waals surface area contributed by atoms with E-state index in [0.717, 1.165) is 6.54 Å². The van der Waals surface area contributed by atoms with Crippen molar-refractivity contribution in [1.29, 1.82) is 0 Å². The lowest BCUT2D eigenvalue weighted by Crippen LogP contribution is -2.27. The van der Waals surface area contributed by atoms with Gasteiger partial charge in [0, 0.05) is 11.3 Å². The number of amides is 2. The average molecular weight is 221 g/mol. The SMILES string of the molecule is CCNCC(=O)Nc1cccc(C(N)=O)c1. The second kappa shape index (κ2) is 5.87.